The second-order valence-electron chi connectivity index (χ2n) is 7.97. The van der Waals surface area contributed by atoms with Crippen molar-refractivity contribution in [3.8, 4) is 0 Å². The van der Waals surface area contributed by atoms with Gasteiger partial charge in [0.1, 0.15) is 0 Å². The molecule has 2 heterocycles. The van der Waals surface area contributed by atoms with Crippen molar-refractivity contribution in [2.75, 3.05) is 26.0 Å². The number of rotatable bonds is 4. The fourth-order valence-corrected chi connectivity index (χ4v) is 6.02. The fourth-order valence-electron chi connectivity index (χ4n) is 4.09. The molecule has 3 aromatic carbocycles. The Kier molecular flexibility index (Phi) is 7.97. The topological polar surface area (TPSA) is 29.5 Å². The van der Waals surface area contributed by atoms with Crippen LogP contribution in [0, 0.1) is 0 Å². The van der Waals surface area contributed by atoms with E-state index in [1.54, 1.807) is 17.8 Å². The van der Waals surface area contributed by atoms with Crippen molar-refractivity contribution in [3.63, 3.8) is 0 Å². The van der Waals surface area contributed by atoms with Crippen LogP contribution in [0.15, 0.2) is 101 Å². The minimum atomic E-state index is -0.448. The largest absolute Gasteiger partial charge is 0.356 e. The Morgan fingerprint density at radius 2 is 1.64 bits per heavy atom. The van der Waals surface area contributed by atoms with Crippen molar-refractivity contribution in [2.45, 2.75) is 27.6 Å². The zero-order valence-corrected chi connectivity index (χ0v) is 20.5. The van der Waals surface area contributed by atoms with Gasteiger partial charge in [-0.3, -0.25) is 4.79 Å². The van der Waals surface area contributed by atoms with Gasteiger partial charge in [-0.2, -0.15) is 0 Å². The number of benzene rings is 3. The number of morpholine rings is 1. The van der Waals surface area contributed by atoms with E-state index in [1.807, 2.05) is 41.1 Å². The van der Waals surface area contributed by atoms with Crippen molar-refractivity contribution < 1.29 is 9.53 Å². The van der Waals surface area contributed by atoms with Gasteiger partial charge in [0.25, 0.3) is 0 Å². The molecular weight excluding hydrogens is 446 g/mol. The molecule has 1 fully saturated rings. The van der Waals surface area contributed by atoms with Crippen LogP contribution in [-0.2, 0) is 20.9 Å². The molecule has 170 valence electrons. The predicted molar refractivity (Wildman–Crippen MR) is 139 cm³/mol. The lowest BCUT2D eigenvalue weighted by molar-refractivity contribution is -0.140. The number of thioether (sulfide) groups is 1. The Morgan fingerprint density at radius 3 is 2.24 bits per heavy atom. The van der Waals surface area contributed by atoms with Gasteiger partial charge < -0.3 is 9.64 Å². The summed E-state index contributed by atoms with van der Waals surface area (Å²) < 4.78 is 6.00. The SMILES string of the molecule is C=CCC(=O)N1CCOC(SC)(c2ccccc2)C1.c1ccc2c(c1)Cc1ccccc1S2. The van der Waals surface area contributed by atoms with Crippen LogP contribution in [-0.4, -0.2) is 36.8 Å². The van der Waals surface area contributed by atoms with Crippen molar-refractivity contribution in [1.29, 1.82) is 0 Å². The summed E-state index contributed by atoms with van der Waals surface area (Å²) >= 11 is 3.53. The Balaban J connectivity index is 0.000000163. The summed E-state index contributed by atoms with van der Waals surface area (Å²) in [6, 6.07) is 27.4. The molecule has 3 nitrogen and oxygen atoms in total. The summed E-state index contributed by atoms with van der Waals surface area (Å²) in [5, 5.41) is 0. The second-order valence-corrected chi connectivity index (χ2v) is 10.1. The maximum absolute atomic E-state index is 12.0. The standard InChI is InChI=1S/C15H19NO2S.C13H10S/c1-3-7-14(17)16-10-11-18-15(12-16,19-2)13-8-5-4-6-9-13;1-3-7-12-10(5-1)9-11-6-2-4-8-13(11)14-12/h3-6,8-9H,1,7,10-12H2,2H3;1-8H,9H2. The number of carbonyl (C=O) groups is 1. The van der Waals surface area contributed by atoms with E-state index >= 15 is 0 Å². The molecule has 1 atom stereocenters. The first-order chi connectivity index (χ1) is 16.1. The van der Waals surface area contributed by atoms with Gasteiger partial charge in [-0.05, 0) is 41.5 Å². The first-order valence-corrected chi connectivity index (χ1v) is 13.2. The Morgan fingerprint density at radius 1 is 1.03 bits per heavy atom. The number of fused-ring (bicyclic) bond motifs is 2. The summed E-state index contributed by atoms with van der Waals surface area (Å²) in [5.74, 6) is 0.118. The molecule has 5 heteroatoms. The van der Waals surface area contributed by atoms with E-state index in [0.717, 1.165) is 12.0 Å². The van der Waals surface area contributed by atoms with Crippen LogP contribution in [0.4, 0.5) is 0 Å². The molecule has 0 N–H and O–H groups in total. The highest BCUT2D eigenvalue weighted by molar-refractivity contribution is 7.99. The zero-order valence-electron chi connectivity index (χ0n) is 18.9. The summed E-state index contributed by atoms with van der Waals surface area (Å²) in [6.07, 6.45) is 5.15. The number of nitrogens with zero attached hydrogens (tertiary/aromatic N) is 1. The van der Waals surface area contributed by atoms with Gasteiger partial charge in [0, 0.05) is 22.8 Å². The zero-order chi connectivity index (χ0) is 23.1. The van der Waals surface area contributed by atoms with Crippen LogP contribution < -0.4 is 0 Å². The lowest BCUT2D eigenvalue weighted by Crippen LogP contribution is -2.50. The van der Waals surface area contributed by atoms with E-state index in [4.69, 9.17) is 4.74 Å². The van der Waals surface area contributed by atoms with Crippen LogP contribution in [0.2, 0.25) is 0 Å². The summed E-state index contributed by atoms with van der Waals surface area (Å²) in [6.45, 7) is 5.44. The maximum atomic E-state index is 12.0. The van der Waals surface area contributed by atoms with E-state index < -0.39 is 4.93 Å². The minimum Gasteiger partial charge on any atom is -0.356 e. The number of amides is 1. The fraction of sp³-hybridized carbons (Fsp3) is 0.250. The average Bonchev–Trinajstić information content (AvgIpc) is 2.88. The van der Waals surface area contributed by atoms with Gasteiger partial charge in [-0.25, -0.2) is 0 Å². The van der Waals surface area contributed by atoms with Gasteiger partial charge in [0.05, 0.1) is 13.2 Å². The monoisotopic (exact) mass is 475 g/mol. The molecule has 0 saturated carbocycles. The second kappa shape index (κ2) is 11.1. The molecule has 1 unspecified atom stereocenters. The number of hydrogen-bond acceptors (Lipinski definition) is 4. The minimum absolute atomic E-state index is 0.118. The van der Waals surface area contributed by atoms with E-state index in [0.29, 0.717) is 26.1 Å². The van der Waals surface area contributed by atoms with Gasteiger partial charge >= 0.3 is 0 Å². The van der Waals surface area contributed by atoms with E-state index in [2.05, 4.69) is 67.2 Å². The van der Waals surface area contributed by atoms with Crippen LogP contribution in [0.25, 0.3) is 0 Å². The molecule has 2 aliphatic rings. The van der Waals surface area contributed by atoms with E-state index in [1.165, 1.54) is 20.9 Å². The van der Waals surface area contributed by atoms with Gasteiger partial charge in [0.15, 0.2) is 4.93 Å². The van der Waals surface area contributed by atoms with Crippen molar-refractivity contribution in [3.05, 3.63) is 108 Å². The third-order valence-electron chi connectivity index (χ3n) is 5.86. The van der Waals surface area contributed by atoms with Gasteiger partial charge in [0.2, 0.25) is 5.91 Å². The normalized spacial score (nSPS) is 18.9. The molecule has 0 bridgehead atoms. The third kappa shape index (κ3) is 5.55. The Bertz CT molecular complexity index is 1010. The van der Waals surface area contributed by atoms with Crippen LogP contribution >= 0.6 is 23.5 Å². The molecule has 33 heavy (non-hydrogen) atoms. The number of ether oxygens (including phenoxy) is 1. The third-order valence-corrected chi connectivity index (χ3v) is 8.23. The van der Waals surface area contributed by atoms with E-state index in [9.17, 15) is 4.79 Å². The molecule has 0 aliphatic carbocycles. The highest BCUT2D eigenvalue weighted by Gasteiger charge is 2.39. The predicted octanol–water partition coefficient (Wildman–Crippen LogP) is 6.38. The smallest absolute Gasteiger partial charge is 0.226 e. The molecule has 1 saturated heterocycles. The highest BCUT2D eigenvalue weighted by Crippen LogP contribution is 2.40. The molecule has 1 amide bonds. The lowest BCUT2D eigenvalue weighted by Gasteiger charge is -2.42. The summed E-state index contributed by atoms with van der Waals surface area (Å²) in [5.41, 5.74) is 4.02. The number of hydrogen-bond donors (Lipinski definition) is 0. The lowest BCUT2D eigenvalue weighted by atomic mass is 10.0. The molecule has 3 aromatic rings. The van der Waals surface area contributed by atoms with Gasteiger partial charge in [-0.15, -0.1) is 18.3 Å². The maximum Gasteiger partial charge on any atom is 0.226 e. The summed E-state index contributed by atoms with van der Waals surface area (Å²) in [4.78, 5) is 16.3. The Hall–Kier alpha value is -2.47. The molecule has 2 aliphatic heterocycles. The average molecular weight is 476 g/mol. The molecule has 0 radical (unpaired) electrons. The van der Waals surface area contributed by atoms with Crippen molar-refractivity contribution in [1.82, 2.24) is 4.90 Å². The van der Waals surface area contributed by atoms with Gasteiger partial charge in [-0.1, -0.05) is 84.6 Å². The van der Waals surface area contributed by atoms with Crippen molar-refractivity contribution >= 4 is 29.4 Å². The quantitative estimate of drug-likeness (QED) is 0.320. The molecule has 0 spiro atoms. The van der Waals surface area contributed by atoms with Crippen molar-refractivity contribution in [2.24, 2.45) is 0 Å². The highest BCUT2D eigenvalue weighted by atomic mass is 32.2. The first-order valence-electron chi connectivity index (χ1n) is 11.1. The summed E-state index contributed by atoms with van der Waals surface area (Å²) in [7, 11) is 0. The first kappa shape index (κ1) is 23.7. The van der Waals surface area contributed by atoms with Crippen LogP contribution in [0.5, 0.6) is 0 Å². The number of carbonyl (C=O) groups excluding carboxylic acids is 1. The molecule has 5 rings (SSSR count). The molecular formula is C28H29NO2S2. The van der Waals surface area contributed by atoms with E-state index in [-0.39, 0.29) is 5.91 Å². The van der Waals surface area contributed by atoms with Crippen LogP contribution in [0.3, 0.4) is 0 Å². The van der Waals surface area contributed by atoms with Crippen LogP contribution in [0.1, 0.15) is 23.1 Å². The molecule has 0 aromatic heterocycles. The Labute approximate surface area is 205 Å².